The van der Waals surface area contributed by atoms with Crippen molar-refractivity contribution in [3.05, 3.63) is 35.2 Å². The monoisotopic (exact) mass is 346 g/mol. The summed E-state index contributed by atoms with van der Waals surface area (Å²) in [7, 11) is 0. The summed E-state index contributed by atoms with van der Waals surface area (Å²) in [5, 5.41) is 0. The van der Waals surface area contributed by atoms with E-state index in [4.69, 9.17) is 9.47 Å². The van der Waals surface area contributed by atoms with Gasteiger partial charge >= 0.3 is 0 Å². The van der Waals surface area contributed by atoms with Gasteiger partial charge in [0, 0.05) is 17.2 Å². The minimum Gasteiger partial charge on any atom is -0.493 e. The summed E-state index contributed by atoms with van der Waals surface area (Å²) in [6.07, 6.45) is 3.17. The quantitative estimate of drug-likeness (QED) is 0.498. The zero-order chi connectivity index (χ0) is 18.8. The number of benzene rings is 1. The Morgan fingerprint density at radius 1 is 1.36 bits per heavy atom. The van der Waals surface area contributed by atoms with Gasteiger partial charge in [-0.1, -0.05) is 20.8 Å². The van der Waals surface area contributed by atoms with Crippen molar-refractivity contribution in [2.45, 2.75) is 53.6 Å². The molecule has 0 aromatic heterocycles. The molecule has 1 aliphatic heterocycles. The SMILES string of the molecule is CCCOc1cc2c(cc1/C(C)=C(/F)C=O)C(C(C)C)=CC(C)(C)O2. The lowest BCUT2D eigenvalue weighted by atomic mass is 9.86. The van der Waals surface area contributed by atoms with Gasteiger partial charge in [0.2, 0.25) is 0 Å². The molecule has 136 valence electrons. The van der Waals surface area contributed by atoms with Crippen LogP contribution in [0.3, 0.4) is 0 Å². The van der Waals surface area contributed by atoms with E-state index < -0.39 is 11.4 Å². The summed E-state index contributed by atoms with van der Waals surface area (Å²) in [6.45, 7) is 12.4. The molecule has 0 N–H and O–H groups in total. The molecule has 0 fully saturated rings. The van der Waals surface area contributed by atoms with E-state index in [2.05, 4.69) is 19.9 Å². The molecular formula is C21H27FO3. The third kappa shape index (κ3) is 4.12. The molecule has 1 heterocycles. The molecule has 0 saturated heterocycles. The number of carbonyl (C=O) groups is 1. The Morgan fingerprint density at radius 2 is 2.04 bits per heavy atom. The zero-order valence-corrected chi connectivity index (χ0v) is 15.9. The molecule has 0 amide bonds. The standard InChI is InChI=1S/C21H27FO3/c1-7-8-24-19-10-20-16(9-15(19)14(4)18(22)12-23)17(13(2)3)11-21(5,6)25-20/h9-13H,7-8H2,1-6H3/b18-14+. The van der Waals surface area contributed by atoms with E-state index in [1.165, 1.54) is 0 Å². The van der Waals surface area contributed by atoms with Gasteiger partial charge in [0.15, 0.2) is 12.1 Å². The minimum atomic E-state index is -0.784. The first-order valence-electron chi connectivity index (χ1n) is 8.75. The van der Waals surface area contributed by atoms with Crippen LogP contribution in [0, 0.1) is 5.92 Å². The Bertz CT molecular complexity index is 727. The average molecular weight is 346 g/mol. The second-order valence-corrected chi connectivity index (χ2v) is 7.24. The predicted molar refractivity (Wildman–Crippen MR) is 99.5 cm³/mol. The van der Waals surface area contributed by atoms with Crippen molar-refractivity contribution >= 4 is 17.4 Å². The number of rotatable bonds is 6. The van der Waals surface area contributed by atoms with Crippen LogP contribution in [-0.2, 0) is 4.79 Å². The van der Waals surface area contributed by atoms with E-state index in [1.807, 2.05) is 32.9 Å². The maximum absolute atomic E-state index is 13.9. The molecule has 1 aromatic rings. The predicted octanol–water partition coefficient (Wildman–Crippen LogP) is 5.59. The largest absolute Gasteiger partial charge is 0.493 e. The van der Waals surface area contributed by atoms with Crippen LogP contribution in [0.5, 0.6) is 11.5 Å². The molecule has 4 heteroatoms. The normalized spacial score (nSPS) is 16.6. The lowest BCUT2D eigenvalue weighted by molar-refractivity contribution is -0.106. The van der Waals surface area contributed by atoms with E-state index in [0.717, 1.165) is 23.3 Å². The van der Waals surface area contributed by atoms with Crippen molar-refractivity contribution in [2.24, 2.45) is 5.92 Å². The topological polar surface area (TPSA) is 35.5 Å². The molecule has 2 rings (SSSR count). The molecule has 3 nitrogen and oxygen atoms in total. The van der Waals surface area contributed by atoms with Gasteiger partial charge in [-0.25, -0.2) is 4.39 Å². The first-order valence-corrected chi connectivity index (χ1v) is 8.75. The molecule has 0 spiro atoms. The smallest absolute Gasteiger partial charge is 0.178 e. The Morgan fingerprint density at radius 3 is 2.60 bits per heavy atom. The highest BCUT2D eigenvalue weighted by atomic mass is 19.1. The Labute approximate surface area is 149 Å². The Kier molecular flexibility index (Phi) is 5.71. The Hall–Kier alpha value is -2.10. The average Bonchev–Trinajstić information content (AvgIpc) is 2.56. The maximum Gasteiger partial charge on any atom is 0.178 e. The van der Waals surface area contributed by atoms with E-state index >= 15 is 0 Å². The molecular weight excluding hydrogens is 319 g/mol. The number of allylic oxidation sites excluding steroid dienone is 3. The van der Waals surface area contributed by atoms with E-state index in [1.54, 1.807) is 6.92 Å². The third-order valence-electron chi connectivity index (χ3n) is 4.22. The van der Waals surface area contributed by atoms with Gasteiger partial charge in [0.25, 0.3) is 0 Å². The van der Waals surface area contributed by atoms with Crippen LogP contribution >= 0.6 is 0 Å². The summed E-state index contributed by atoms with van der Waals surface area (Å²) in [5.74, 6) is 0.770. The molecule has 0 bridgehead atoms. The minimum absolute atomic E-state index is 0.233. The van der Waals surface area contributed by atoms with Crippen LogP contribution in [0.2, 0.25) is 0 Å². The van der Waals surface area contributed by atoms with Crippen molar-refractivity contribution in [3.8, 4) is 11.5 Å². The van der Waals surface area contributed by atoms with Gasteiger partial charge in [-0.05, 0) is 56.4 Å². The van der Waals surface area contributed by atoms with Gasteiger partial charge in [-0.3, -0.25) is 4.79 Å². The molecule has 0 atom stereocenters. The highest BCUT2D eigenvalue weighted by Gasteiger charge is 2.29. The lowest BCUT2D eigenvalue weighted by Crippen LogP contribution is -2.30. The van der Waals surface area contributed by atoms with Gasteiger partial charge in [0.05, 0.1) is 6.61 Å². The first-order chi connectivity index (χ1) is 11.7. The van der Waals surface area contributed by atoms with Crippen molar-refractivity contribution in [1.29, 1.82) is 0 Å². The van der Waals surface area contributed by atoms with Gasteiger partial charge in [-0.15, -0.1) is 0 Å². The molecule has 25 heavy (non-hydrogen) atoms. The second-order valence-electron chi connectivity index (χ2n) is 7.24. The summed E-state index contributed by atoms with van der Waals surface area (Å²) < 4.78 is 25.9. The van der Waals surface area contributed by atoms with Crippen LogP contribution in [0.25, 0.3) is 11.1 Å². The fraction of sp³-hybridized carbons (Fsp3) is 0.476. The van der Waals surface area contributed by atoms with Crippen LogP contribution in [0.4, 0.5) is 4.39 Å². The molecule has 1 aromatic carbocycles. The lowest BCUT2D eigenvalue weighted by Gasteiger charge is -2.33. The molecule has 1 aliphatic rings. The van der Waals surface area contributed by atoms with Gasteiger partial charge in [0.1, 0.15) is 17.1 Å². The van der Waals surface area contributed by atoms with Crippen LogP contribution < -0.4 is 9.47 Å². The van der Waals surface area contributed by atoms with E-state index in [-0.39, 0.29) is 17.8 Å². The number of ether oxygens (including phenoxy) is 2. The molecule has 0 saturated carbocycles. The van der Waals surface area contributed by atoms with Crippen molar-refractivity contribution in [3.63, 3.8) is 0 Å². The van der Waals surface area contributed by atoms with Crippen LogP contribution in [-0.4, -0.2) is 18.5 Å². The van der Waals surface area contributed by atoms with Gasteiger partial charge < -0.3 is 9.47 Å². The Balaban J connectivity index is 2.69. The number of aldehydes is 1. The van der Waals surface area contributed by atoms with E-state index in [9.17, 15) is 9.18 Å². The van der Waals surface area contributed by atoms with Gasteiger partial charge in [-0.2, -0.15) is 0 Å². The maximum atomic E-state index is 13.9. The highest BCUT2D eigenvalue weighted by Crippen LogP contribution is 2.44. The molecule has 0 unspecified atom stereocenters. The summed E-state index contributed by atoms with van der Waals surface area (Å²) in [4.78, 5) is 10.9. The van der Waals surface area contributed by atoms with E-state index in [0.29, 0.717) is 17.9 Å². The van der Waals surface area contributed by atoms with Crippen molar-refractivity contribution in [1.82, 2.24) is 0 Å². The number of fused-ring (bicyclic) bond motifs is 1. The number of hydrogen-bond acceptors (Lipinski definition) is 3. The first kappa shape index (κ1) is 19.2. The molecule has 0 aliphatic carbocycles. The fourth-order valence-corrected chi connectivity index (χ4v) is 2.96. The van der Waals surface area contributed by atoms with Crippen LogP contribution in [0.15, 0.2) is 24.0 Å². The number of carbonyl (C=O) groups excluding carboxylic acids is 1. The summed E-state index contributed by atoms with van der Waals surface area (Å²) >= 11 is 0. The van der Waals surface area contributed by atoms with Crippen molar-refractivity contribution in [2.75, 3.05) is 6.61 Å². The van der Waals surface area contributed by atoms with Crippen LogP contribution in [0.1, 0.15) is 59.1 Å². The van der Waals surface area contributed by atoms with Crippen molar-refractivity contribution < 1.29 is 18.7 Å². The number of hydrogen-bond donors (Lipinski definition) is 0. The fourth-order valence-electron chi connectivity index (χ4n) is 2.96. The molecule has 0 radical (unpaired) electrons. The summed E-state index contributed by atoms with van der Waals surface area (Å²) in [6, 6.07) is 3.69. The summed E-state index contributed by atoms with van der Waals surface area (Å²) in [5.41, 5.74) is 2.51. The highest BCUT2D eigenvalue weighted by molar-refractivity contribution is 5.88. The second kappa shape index (κ2) is 7.42. The zero-order valence-electron chi connectivity index (χ0n) is 15.9. The third-order valence-corrected chi connectivity index (χ3v) is 4.22. The number of halogens is 1.